The summed E-state index contributed by atoms with van der Waals surface area (Å²) in [5.41, 5.74) is 0. The highest BCUT2D eigenvalue weighted by Crippen LogP contribution is 2.34. The van der Waals surface area contributed by atoms with Gasteiger partial charge < -0.3 is 20.1 Å². The molecule has 3 rings (SSSR count). The molecule has 2 N–H and O–H groups in total. The van der Waals surface area contributed by atoms with Crippen molar-refractivity contribution in [1.82, 2.24) is 10.6 Å². The molecule has 0 aromatic heterocycles. The Morgan fingerprint density at radius 1 is 1.33 bits per heavy atom. The van der Waals surface area contributed by atoms with E-state index in [1.54, 1.807) is 0 Å². The molecule has 2 saturated heterocycles. The molecule has 2 aliphatic heterocycles. The number of nitrogens with zero attached hydrogens (tertiary/aromatic N) is 1. The zero-order valence-corrected chi connectivity index (χ0v) is 16.7. The van der Waals surface area contributed by atoms with Gasteiger partial charge >= 0.3 is 0 Å². The molecule has 0 radical (unpaired) electrons. The minimum Gasteiger partial charge on any atom is -0.489 e. The zero-order chi connectivity index (χ0) is 16.1. The maximum absolute atomic E-state index is 5.90. The summed E-state index contributed by atoms with van der Waals surface area (Å²) in [4.78, 5) is 4.67. The van der Waals surface area contributed by atoms with Crippen molar-refractivity contribution in [2.24, 2.45) is 4.99 Å². The molecule has 4 atom stereocenters. The molecule has 0 amide bonds. The number of hydrogen-bond acceptors (Lipinski definition) is 3. The summed E-state index contributed by atoms with van der Waals surface area (Å²) >= 11 is 0. The third-order valence-corrected chi connectivity index (χ3v) is 4.36. The van der Waals surface area contributed by atoms with Gasteiger partial charge in [-0.2, -0.15) is 0 Å². The molecule has 4 unspecified atom stereocenters. The lowest BCUT2D eigenvalue weighted by atomic mass is 9.96. The molecular weight excluding hydrogens is 417 g/mol. The average Bonchev–Trinajstić information content (AvgIpc) is 3.16. The van der Waals surface area contributed by atoms with Gasteiger partial charge in [-0.3, -0.25) is 0 Å². The average molecular weight is 445 g/mol. The predicted octanol–water partition coefficient (Wildman–Crippen LogP) is 2.95. The van der Waals surface area contributed by atoms with Crippen LogP contribution in [0.25, 0.3) is 0 Å². The minimum absolute atomic E-state index is 0. The van der Waals surface area contributed by atoms with Gasteiger partial charge in [-0.25, -0.2) is 4.99 Å². The Morgan fingerprint density at radius 2 is 2.12 bits per heavy atom. The largest absolute Gasteiger partial charge is 0.489 e. The van der Waals surface area contributed by atoms with Crippen molar-refractivity contribution in [3.63, 3.8) is 0 Å². The van der Waals surface area contributed by atoms with E-state index >= 15 is 0 Å². The topological polar surface area (TPSA) is 54.9 Å². The number of aliphatic imine (C=N–C) groups is 1. The minimum atomic E-state index is 0. The zero-order valence-electron chi connectivity index (χ0n) is 14.4. The van der Waals surface area contributed by atoms with Crippen molar-refractivity contribution in [2.75, 3.05) is 13.1 Å². The van der Waals surface area contributed by atoms with Crippen molar-refractivity contribution >= 4 is 29.9 Å². The molecule has 0 spiro atoms. The van der Waals surface area contributed by atoms with Gasteiger partial charge in [0.15, 0.2) is 5.96 Å². The van der Waals surface area contributed by atoms with Crippen molar-refractivity contribution in [3.05, 3.63) is 30.3 Å². The molecule has 2 aliphatic rings. The number of halogens is 1. The van der Waals surface area contributed by atoms with Gasteiger partial charge in [0.25, 0.3) is 0 Å². The Hall–Kier alpha value is -1.02. The van der Waals surface area contributed by atoms with Gasteiger partial charge in [-0.15, -0.1) is 24.0 Å². The normalized spacial score (nSPS) is 26.6. The lowest BCUT2D eigenvalue weighted by Crippen LogP contribution is -2.47. The van der Waals surface area contributed by atoms with E-state index in [-0.39, 0.29) is 30.1 Å². The third-order valence-electron chi connectivity index (χ3n) is 4.36. The van der Waals surface area contributed by atoms with Crippen molar-refractivity contribution in [2.45, 2.75) is 57.5 Å². The van der Waals surface area contributed by atoms with Crippen LogP contribution in [0.2, 0.25) is 0 Å². The monoisotopic (exact) mass is 445 g/mol. The second-order valence-corrected chi connectivity index (χ2v) is 6.32. The fourth-order valence-electron chi connectivity index (χ4n) is 3.27. The van der Waals surface area contributed by atoms with Crippen LogP contribution in [0.5, 0.6) is 5.75 Å². The van der Waals surface area contributed by atoms with Crippen molar-refractivity contribution < 1.29 is 9.47 Å². The van der Waals surface area contributed by atoms with Crippen LogP contribution in [-0.2, 0) is 4.74 Å². The summed E-state index contributed by atoms with van der Waals surface area (Å²) in [7, 11) is 0. The maximum atomic E-state index is 5.90. The van der Waals surface area contributed by atoms with E-state index in [4.69, 9.17) is 9.47 Å². The van der Waals surface area contributed by atoms with Crippen LogP contribution in [0, 0.1) is 0 Å². The van der Waals surface area contributed by atoms with Gasteiger partial charge in [0.1, 0.15) is 11.9 Å². The van der Waals surface area contributed by atoms with Crippen LogP contribution in [0.1, 0.15) is 33.1 Å². The first-order chi connectivity index (χ1) is 11.2. The lowest BCUT2D eigenvalue weighted by Gasteiger charge is -2.23. The molecule has 5 nitrogen and oxygen atoms in total. The molecule has 24 heavy (non-hydrogen) atoms. The summed E-state index contributed by atoms with van der Waals surface area (Å²) in [5, 5.41) is 6.84. The van der Waals surface area contributed by atoms with E-state index in [1.807, 2.05) is 37.3 Å². The number of nitrogens with one attached hydrogen (secondary N) is 2. The smallest absolute Gasteiger partial charge is 0.191 e. The summed E-state index contributed by atoms with van der Waals surface area (Å²) in [5.74, 6) is 1.74. The molecule has 2 fully saturated rings. The number of hydrogen-bond donors (Lipinski definition) is 2. The van der Waals surface area contributed by atoms with Gasteiger partial charge in [0.2, 0.25) is 0 Å². The third kappa shape index (κ3) is 5.24. The van der Waals surface area contributed by atoms with Crippen LogP contribution in [0.15, 0.2) is 35.3 Å². The fourth-order valence-corrected chi connectivity index (χ4v) is 3.27. The van der Waals surface area contributed by atoms with E-state index in [9.17, 15) is 0 Å². The number of ether oxygens (including phenoxy) is 2. The fraction of sp³-hybridized carbons (Fsp3) is 0.611. The number of benzene rings is 1. The van der Waals surface area contributed by atoms with Gasteiger partial charge in [-0.05, 0) is 45.2 Å². The molecule has 2 heterocycles. The van der Waals surface area contributed by atoms with Crippen LogP contribution >= 0.6 is 24.0 Å². The highest BCUT2D eigenvalue weighted by atomic mass is 127. The van der Waals surface area contributed by atoms with Gasteiger partial charge in [0, 0.05) is 6.54 Å². The Morgan fingerprint density at radius 3 is 2.75 bits per heavy atom. The molecule has 2 bridgehead atoms. The van der Waals surface area contributed by atoms with E-state index in [0.717, 1.165) is 31.1 Å². The van der Waals surface area contributed by atoms with Crippen LogP contribution in [0.4, 0.5) is 0 Å². The van der Waals surface area contributed by atoms with E-state index < -0.39 is 0 Å². The summed E-state index contributed by atoms with van der Waals surface area (Å²) < 4.78 is 11.8. The Balaban J connectivity index is 0.00000208. The molecule has 0 saturated carbocycles. The molecule has 1 aromatic carbocycles. The van der Waals surface area contributed by atoms with E-state index in [2.05, 4.69) is 22.5 Å². The van der Waals surface area contributed by atoms with E-state index in [1.165, 1.54) is 6.42 Å². The number of para-hydroxylation sites is 1. The van der Waals surface area contributed by atoms with E-state index in [0.29, 0.717) is 24.8 Å². The van der Waals surface area contributed by atoms with Crippen LogP contribution in [0.3, 0.4) is 0 Å². The summed E-state index contributed by atoms with van der Waals surface area (Å²) in [6.45, 7) is 5.59. The highest BCUT2D eigenvalue weighted by molar-refractivity contribution is 14.0. The summed E-state index contributed by atoms with van der Waals surface area (Å²) in [6.07, 6.45) is 4.28. The predicted molar refractivity (Wildman–Crippen MR) is 107 cm³/mol. The number of fused-ring (bicyclic) bond motifs is 2. The first kappa shape index (κ1) is 19.3. The number of guanidine groups is 1. The first-order valence-electron chi connectivity index (χ1n) is 8.66. The Bertz CT molecular complexity index is 526. The first-order valence-corrected chi connectivity index (χ1v) is 8.66. The second kappa shape index (κ2) is 9.46. The summed E-state index contributed by atoms with van der Waals surface area (Å²) in [6, 6.07) is 10.3. The molecular formula is C18H28IN3O2. The Labute approximate surface area is 161 Å². The molecule has 1 aromatic rings. The molecule has 6 heteroatoms. The SMILES string of the molecule is CCNC(=NCC(C)Oc1ccccc1)NC1CC2CCC1O2.I. The second-order valence-electron chi connectivity index (χ2n) is 6.32. The van der Waals surface area contributed by atoms with Crippen molar-refractivity contribution in [1.29, 1.82) is 0 Å². The van der Waals surface area contributed by atoms with Gasteiger partial charge in [-0.1, -0.05) is 18.2 Å². The Kier molecular flexibility index (Phi) is 7.61. The van der Waals surface area contributed by atoms with Crippen LogP contribution < -0.4 is 15.4 Å². The molecule has 0 aliphatic carbocycles. The molecule has 134 valence electrons. The van der Waals surface area contributed by atoms with Gasteiger partial charge in [0.05, 0.1) is 24.8 Å². The lowest BCUT2D eigenvalue weighted by molar-refractivity contribution is 0.0992. The maximum Gasteiger partial charge on any atom is 0.191 e. The highest BCUT2D eigenvalue weighted by Gasteiger charge is 2.41. The standard InChI is InChI=1S/C18H27N3O2.HI/c1-3-19-18(21-16-11-15-9-10-17(16)23-15)20-12-13(2)22-14-7-5-4-6-8-14;/h4-8,13,15-17H,3,9-12H2,1-2H3,(H2,19,20,21);1H. The van der Waals surface area contributed by atoms with Crippen LogP contribution in [-0.4, -0.2) is 43.4 Å². The quantitative estimate of drug-likeness (QED) is 0.402. The van der Waals surface area contributed by atoms with Crippen molar-refractivity contribution in [3.8, 4) is 5.75 Å². The number of rotatable bonds is 6.